The maximum Gasteiger partial charge on any atom is 0.511 e. The molecule has 4 heterocycles. The summed E-state index contributed by atoms with van der Waals surface area (Å²) in [5.74, 6) is 0.499. The van der Waals surface area contributed by atoms with Gasteiger partial charge in [-0.15, -0.1) is 20.3 Å². The van der Waals surface area contributed by atoms with Gasteiger partial charge in [0.05, 0.1) is 29.3 Å². The Balaban J connectivity index is 1.03. The molecule has 0 saturated carbocycles. The van der Waals surface area contributed by atoms with E-state index in [1.807, 2.05) is 36.4 Å². The van der Waals surface area contributed by atoms with Gasteiger partial charge in [-0.3, -0.25) is 0 Å². The van der Waals surface area contributed by atoms with Crippen molar-refractivity contribution in [3.05, 3.63) is 92.8 Å². The molecule has 3 aromatic carbocycles. The number of tetrazole rings is 1. The molecule has 53 heavy (non-hydrogen) atoms. The molecule has 0 bridgehead atoms. The van der Waals surface area contributed by atoms with Crippen LogP contribution >= 0.6 is 11.6 Å². The van der Waals surface area contributed by atoms with Crippen molar-refractivity contribution in [3.63, 3.8) is 0 Å². The van der Waals surface area contributed by atoms with Gasteiger partial charge in [0.15, 0.2) is 12.2 Å². The lowest BCUT2D eigenvalue weighted by Gasteiger charge is -2.19. The topological polar surface area (TPSA) is 205 Å². The number of fused-ring (bicyclic) bond motifs is 2. The van der Waals surface area contributed by atoms with Crippen LogP contribution in [0, 0.1) is 10.1 Å². The van der Waals surface area contributed by atoms with Crippen LogP contribution in [0.15, 0.2) is 60.7 Å². The highest BCUT2D eigenvalue weighted by molar-refractivity contribution is 6.38. The third kappa shape index (κ3) is 7.62. The minimum absolute atomic E-state index is 0.0440. The molecule has 2 aliphatic heterocycles. The molecular weight excluding hydrogens is 714 g/mol. The van der Waals surface area contributed by atoms with E-state index < -0.39 is 47.9 Å². The Hall–Kier alpha value is -5.65. The highest BCUT2D eigenvalue weighted by Gasteiger charge is 2.51. The SMILES string of the molecule is CCCCc1nc2c(Cl)c(C(=O)O[C@H](C)OC(=O)O[C@H]3CO[C@H]4[C@@H]3OC[C@H]4O[N+](=O)[O-])ccc2n1Cc1ccc(-c2ccccc2-c2nn[nH]n2)cc1. The number of hydrogen-bond acceptors (Lipinski definition) is 14. The Bertz CT molecular complexity index is 2110. The lowest BCUT2D eigenvalue weighted by Crippen LogP contribution is -2.36. The number of halogens is 1. The summed E-state index contributed by atoms with van der Waals surface area (Å²) < 4.78 is 28.9. The second-order valence-electron chi connectivity index (χ2n) is 12.5. The second kappa shape index (κ2) is 15.5. The predicted octanol–water partition coefficient (Wildman–Crippen LogP) is 5.33. The molecule has 2 aliphatic rings. The molecule has 5 aromatic rings. The zero-order chi connectivity index (χ0) is 37.1. The van der Waals surface area contributed by atoms with E-state index in [1.54, 1.807) is 12.1 Å². The fraction of sp³-hybridized carbons (Fsp3) is 0.371. The molecular formula is C35H34ClN7O10. The van der Waals surface area contributed by atoms with Gasteiger partial charge in [0.25, 0.3) is 5.09 Å². The molecule has 5 atom stereocenters. The lowest BCUT2D eigenvalue weighted by molar-refractivity contribution is -0.769. The second-order valence-corrected chi connectivity index (χ2v) is 12.8. The number of H-pyrrole nitrogens is 1. The number of aromatic amines is 1. The summed E-state index contributed by atoms with van der Waals surface area (Å²) in [7, 11) is 0. The van der Waals surface area contributed by atoms with Crippen LogP contribution in [0.1, 0.15) is 48.4 Å². The number of carbonyl (C=O) groups is 2. The number of carbonyl (C=O) groups excluding carboxylic acids is 2. The van der Waals surface area contributed by atoms with Gasteiger partial charge < -0.3 is 33.1 Å². The quantitative estimate of drug-likeness (QED) is 0.0700. The van der Waals surface area contributed by atoms with Crippen molar-refractivity contribution >= 4 is 34.8 Å². The Morgan fingerprint density at radius 1 is 1.04 bits per heavy atom. The first-order valence-electron chi connectivity index (χ1n) is 16.9. The first kappa shape index (κ1) is 35.7. The molecule has 17 nitrogen and oxygen atoms in total. The van der Waals surface area contributed by atoms with Crippen LogP contribution in [0.25, 0.3) is 33.5 Å². The zero-order valence-corrected chi connectivity index (χ0v) is 29.3. The smallest absolute Gasteiger partial charge is 0.426 e. The molecule has 2 saturated heterocycles. The molecule has 276 valence electrons. The summed E-state index contributed by atoms with van der Waals surface area (Å²) >= 11 is 6.80. The fourth-order valence-corrected chi connectivity index (χ4v) is 6.78. The normalized spacial score (nSPS) is 19.8. The van der Waals surface area contributed by atoms with Gasteiger partial charge in [-0.2, -0.15) is 5.21 Å². The first-order valence-corrected chi connectivity index (χ1v) is 17.3. The molecule has 18 heteroatoms. The van der Waals surface area contributed by atoms with Crippen LogP contribution in [0.2, 0.25) is 5.02 Å². The minimum atomic E-state index is -1.35. The zero-order valence-electron chi connectivity index (χ0n) is 28.5. The molecule has 0 amide bonds. The van der Waals surface area contributed by atoms with Crippen LogP contribution in [-0.4, -0.2) is 91.3 Å². The van der Waals surface area contributed by atoms with Gasteiger partial charge in [-0.05, 0) is 40.5 Å². The number of unbranched alkanes of at least 4 members (excludes halogenated alkanes) is 1. The summed E-state index contributed by atoms with van der Waals surface area (Å²) in [5.41, 5.74) is 5.09. The van der Waals surface area contributed by atoms with E-state index in [9.17, 15) is 19.7 Å². The summed E-state index contributed by atoms with van der Waals surface area (Å²) in [6.45, 7) is 3.77. The fourth-order valence-electron chi connectivity index (χ4n) is 6.50. The van der Waals surface area contributed by atoms with E-state index in [0.29, 0.717) is 24.3 Å². The summed E-state index contributed by atoms with van der Waals surface area (Å²) in [5, 5.41) is 24.4. The van der Waals surface area contributed by atoms with E-state index in [1.165, 1.54) is 6.92 Å². The largest absolute Gasteiger partial charge is 0.511 e. The number of rotatable bonds is 13. The number of imidazole rings is 1. The van der Waals surface area contributed by atoms with E-state index in [4.69, 9.17) is 40.3 Å². The van der Waals surface area contributed by atoms with E-state index in [2.05, 4.69) is 49.1 Å². The number of hydrogen-bond donors (Lipinski definition) is 1. The molecule has 0 radical (unpaired) electrons. The monoisotopic (exact) mass is 747 g/mol. The van der Waals surface area contributed by atoms with Gasteiger partial charge in [0.1, 0.15) is 23.5 Å². The highest BCUT2D eigenvalue weighted by Crippen LogP contribution is 2.33. The summed E-state index contributed by atoms with van der Waals surface area (Å²) in [4.78, 5) is 45.9. The van der Waals surface area contributed by atoms with Crippen LogP contribution in [0.3, 0.4) is 0 Å². The summed E-state index contributed by atoms with van der Waals surface area (Å²) in [6.07, 6.45) is -3.34. The van der Waals surface area contributed by atoms with E-state index >= 15 is 0 Å². The Morgan fingerprint density at radius 3 is 2.49 bits per heavy atom. The number of nitrogens with zero attached hydrogens (tertiary/aromatic N) is 6. The number of aryl methyl sites for hydroxylation is 1. The van der Waals surface area contributed by atoms with Crippen LogP contribution in [0.4, 0.5) is 4.79 Å². The molecule has 1 N–H and O–H groups in total. The van der Waals surface area contributed by atoms with Crippen molar-refractivity contribution in [2.75, 3.05) is 13.2 Å². The lowest BCUT2D eigenvalue weighted by atomic mass is 9.98. The van der Waals surface area contributed by atoms with Gasteiger partial charge in [-0.1, -0.05) is 73.5 Å². The maximum absolute atomic E-state index is 13.2. The predicted molar refractivity (Wildman–Crippen MR) is 185 cm³/mol. The van der Waals surface area contributed by atoms with E-state index in [-0.39, 0.29) is 23.8 Å². The number of aromatic nitrogens is 6. The number of esters is 1. The van der Waals surface area contributed by atoms with Gasteiger partial charge in [0.2, 0.25) is 12.1 Å². The van der Waals surface area contributed by atoms with Crippen LogP contribution < -0.4 is 0 Å². The Morgan fingerprint density at radius 2 is 1.77 bits per heavy atom. The van der Waals surface area contributed by atoms with Crippen molar-refractivity contribution in [1.82, 2.24) is 30.2 Å². The van der Waals surface area contributed by atoms with Crippen LogP contribution in [0.5, 0.6) is 0 Å². The van der Waals surface area contributed by atoms with Crippen molar-refractivity contribution in [2.24, 2.45) is 0 Å². The Labute approximate surface area is 306 Å². The number of nitrogens with one attached hydrogen (secondary N) is 1. The average molecular weight is 748 g/mol. The van der Waals surface area contributed by atoms with E-state index in [0.717, 1.165) is 46.4 Å². The molecule has 7 rings (SSSR count). The molecule has 0 aliphatic carbocycles. The minimum Gasteiger partial charge on any atom is -0.426 e. The summed E-state index contributed by atoms with van der Waals surface area (Å²) in [6, 6.07) is 19.4. The average Bonchev–Trinajstić information content (AvgIpc) is 3.95. The molecule has 2 aromatic heterocycles. The van der Waals surface area contributed by atoms with Crippen molar-refractivity contribution < 1.29 is 43.2 Å². The van der Waals surface area contributed by atoms with Crippen molar-refractivity contribution in [3.8, 4) is 22.5 Å². The third-order valence-electron chi connectivity index (χ3n) is 9.00. The highest BCUT2D eigenvalue weighted by atomic mass is 35.5. The third-order valence-corrected chi connectivity index (χ3v) is 9.38. The van der Waals surface area contributed by atoms with Crippen LogP contribution in [-0.2, 0) is 41.5 Å². The molecule has 2 fully saturated rings. The molecule has 0 spiro atoms. The maximum atomic E-state index is 13.2. The number of ether oxygens (including phenoxy) is 5. The Kier molecular flexibility index (Phi) is 10.5. The standard InChI is InChI=1S/C35H34ClN7O10/c1-3-4-9-28-37-30-25(42(28)16-20-10-12-21(13-11-20)22-7-5-6-8-23(22)33-38-40-41-39-33)15-14-24(29(30)36)34(44)50-19(2)51-35(45)52-26-17-48-32-27(53-43(46)47)18-49-31(26)32/h5-8,10-15,19,26-27,31-32H,3-4,9,16-18H2,1-2H3,(H,38,39,40,41)/t19-,26-,27+,31+,32+/m0/s1. The first-order chi connectivity index (χ1) is 25.7. The van der Waals surface area contributed by atoms with Gasteiger partial charge in [0, 0.05) is 25.5 Å². The number of benzene rings is 3. The molecule has 0 unspecified atom stereocenters. The van der Waals surface area contributed by atoms with Crippen molar-refractivity contribution in [2.45, 2.75) is 70.4 Å². The van der Waals surface area contributed by atoms with Crippen molar-refractivity contribution in [1.29, 1.82) is 0 Å². The van der Waals surface area contributed by atoms with Gasteiger partial charge in [-0.25, -0.2) is 14.6 Å². The van der Waals surface area contributed by atoms with Gasteiger partial charge >= 0.3 is 12.1 Å².